The van der Waals surface area contributed by atoms with E-state index in [1.807, 2.05) is 20.8 Å². The molecule has 27 heavy (non-hydrogen) atoms. The van der Waals surface area contributed by atoms with E-state index in [4.69, 9.17) is 16.3 Å². The van der Waals surface area contributed by atoms with E-state index in [0.717, 1.165) is 0 Å². The number of ether oxygens (including phenoxy) is 1. The van der Waals surface area contributed by atoms with Crippen LogP contribution in [0.5, 0.6) is 5.75 Å². The number of nitrogens with one attached hydrogen (secondary N) is 1. The first-order valence-electron chi connectivity index (χ1n) is 9.24. The highest BCUT2D eigenvalue weighted by molar-refractivity contribution is 6.31. The summed E-state index contributed by atoms with van der Waals surface area (Å²) in [4.78, 5) is 14.4. The average molecular weight is 401 g/mol. The van der Waals surface area contributed by atoms with Crippen LogP contribution >= 0.6 is 11.6 Å². The number of aliphatic hydroxyl groups excluding tert-OH is 1. The zero-order valence-electron chi connectivity index (χ0n) is 16.5. The Bertz CT molecular complexity index is 655. The number of alkyl halides is 1. The molecule has 2 rings (SSSR count). The Kier molecular flexibility index (Phi) is 7.11. The molecular weight excluding hydrogens is 371 g/mol. The van der Waals surface area contributed by atoms with E-state index in [0.29, 0.717) is 48.8 Å². The molecule has 1 unspecified atom stereocenters. The lowest BCUT2D eigenvalue weighted by Gasteiger charge is -2.39. The van der Waals surface area contributed by atoms with Crippen LogP contribution in [0.1, 0.15) is 44.0 Å². The molecule has 0 spiro atoms. The molecule has 1 amide bonds. The number of rotatable bonds is 6. The molecule has 0 aliphatic carbocycles. The van der Waals surface area contributed by atoms with Gasteiger partial charge in [-0.25, -0.2) is 4.39 Å². The SMILES string of the molecule is COc1cc(Cl)cc(C(=O)NCC2(F)CCN(CC(O)C(C)(C)C)CC2)c1. The molecule has 1 aromatic carbocycles. The van der Waals surface area contributed by atoms with Gasteiger partial charge in [0.25, 0.3) is 5.91 Å². The van der Waals surface area contributed by atoms with E-state index in [-0.39, 0.29) is 17.9 Å². The van der Waals surface area contributed by atoms with Crippen molar-refractivity contribution in [1.29, 1.82) is 0 Å². The fourth-order valence-corrected chi connectivity index (χ4v) is 3.21. The second-order valence-electron chi connectivity index (χ2n) is 8.40. The van der Waals surface area contributed by atoms with Crippen molar-refractivity contribution in [1.82, 2.24) is 10.2 Å². The maximum absolute atomic E-state index is 15.1. The highest BCUT2D eigenvalue weighted by atomic mass is 35.5. The van der Waals surface area contributed by atoms with Gasteiger partial charge in [0.2, 0.25) is 0 Å². The summed E-state index contributed by atoms with van der Waals surface area (Å²) in [5.41, 5.74) is -1.30. The fraction of sp³-hybridized carbons (Fsp3) is 0.650. The molecule has 0 saturated carbocycles. The highest BCUT2D eigenvalue weighted by Crippen LogP contribution is 2.28. The number of amides is 1. The minimum atomic E-state index is -1.44. The minimum absolute atomic E-state index is 0.0453. The second-order valence-corrected chi connectivity index (χ2v) is 8.83. The zero-order valence-corrected chi connectivity index (χ0v) is 17.3. The van der Waals surface area contributed by atoms with Gasteiger partial charge in [0.1, 0.15) is 11.4 Å². The summed E-state index contributed by atoms with van der Waals surface area (Å²) in [6.07, 6.45) is 0.188. The highest BCUT2D eigenvalue weighted by Gasteiger charge is 2.36. The lowest BCUT2D eigenvalue weighted by atomic mass is 9.87. The van der Waals surface area contributed by atoms with Crippen molar-refractivity contribution in [2.24, 2.45) is 5.41 Å². The molecule has 1 saturated heterocycles. The second kappa shape index (κ2) is 8.76. The number of benzene rings is 1. The van der Waals surface area contributed by atoms with Gasteiger partial charge < -0.3 is 20.1 Å². The number of carbonyl (C=O) groups is 1. The first kappa shape index (κ1) is 21.9. The summed E-state index contributed by atoms with van der Waals surface area (Å²) in [5, 5.41) is 13.3. The maximum atomic E-state index is 15.1. The molecule has 1 atom stereocenters. The maximum Gasteiger partial charge on any atom is 0.251 e. The monoisotopic (exact) mass is 400 g/mol. The molecule has 1 aliphatic heterocycles. The number of likely N-dealkylation sites (tertiary alicyclic amines) is 1. The standard InChI is InChI=1S/C20H30ClFN2O3/c1-19(2,3)17(25)12-24-7-5-20(22,6-8-24)13-23-18(26)14-9-15(21)11-16(10-14)27-4/h9-11,17,25H,5-8,12-13H2,1-4H3,(H,23,26). The lowest BCUT2D eigenvalue weighted by molar-refractivity contribution is -0.00179. The normalized spacial score (nSPS) is 18.8. The van der Waals surface area contributed by atoms with Gasteiger partial charge in [0, 0.05) is 30.2 Å². The van der Waals surface area contributed by atoms with Gasteiger partial charge in [-0.1, -0.05) is 32.4 Å². The van der Waals surface area contributed by atoms with Crippen LogP contribution in [0.2, 0.25) is 5.02 Å². The van der Waals surface area contributed by atoms with E-state index >= 15 is 4.39 Å². The number of β-amino-alcohol motifs (C(OH)–C–C–N with tert-alkyl or cyclic N) is 1. The van der Waals surface area contributed by atoms with E-state index in [9.17, 15) is 9.90 Å². The molecule has 0 aromatic heterocycles. The average Bonchev–Trinajstić information content (AvgIpc) is 2.60. The van der Waals surface area contributed by atoms with Gasteiger partial charge >= 0.3 is 0 Å². The summed E-state index contributed by atoms with van der Waals surface area (Å²) < 4.78 is 20.2. The number of nitrogens with zero attached hydrogens (tertiary/aromatic N) is 1. The first-order chi connectivity index (χ1) is 12.5. The quantitative estimate of drug-likeness (QED) is 0.769. The van der Waals surface area contributed by atoms with Gasteiger partial charge in [-0.2, -0.15) is 0 Å². The molecule has 1 heterocycles. The third kappa shape index (κ3) is 6.33. The van der Waals surface area contributed by atoms with Crippen molar-refractivity contribution in [2.45, 2.75) is 45.4 Å². The first-order valence-corrected chi connectivity index (χ1v) is 9.62. The summed E-state index contributed by atoms with van der Waals surface area (Å²) in [5.74, 6) is 0.103. The Morgan fingerprint density at radius 1 is 1.37 bits per heavy atom. The molecule has 5 nitrogen and oxygen atoms in total. The van der Waals surface area contributed by atoms with Crippen molar-refractivity contribution >= 4 is 17.5 Å². The Hall–Kier alpha value is -1.37. The molecule has 0 radical (unpaired) electrons. The van der Waals surface area contributed by atoms with Crippen molar-refractivity contribution in [3.63, 3.8) is 0 Å². The van der Waals surface area contributed by atoms with Gasteiger partial charge in [-0.3, -0.25) is 4.79 Å². The Morgan fingerprint density at radius 3 is 2.56 bits per heavy atom. The Labute approximate surface area is 165 Å². The van der Waals surface area contributed by atoms with Crippen LogP contribution in [0.25, 0.3) is 0 Å². The van der Waals surface area contributed by atoms with Crippen molar-refractivity contribution in [3.05, 3.63) is 28.8 Å². The lowest BCUT2D eigenvalue weighted by Crippen LogP contribution is -2.50. The Balaban J connectivity index is 1.86. The van der Waals surface area contributed by atoms with Gasteiger partial charge in [0.05, 0.1) is 19.8 Å². The van der Waals surface area contributed by atoms with E-state index < -0.39 is 11.8 Å². The van der Waals surface area contributed by atoms with Gasteiger partial charge in [-0.05, 0) is 36.5 Å². The summed E-state index contributed by atoms with van der Waals surface area (Å²) in [6, 6.07) is 4.71. The molecule has 7 heteroatoms. The van der Waals surface area contributed by atoms with Crippen LogP contribution in [0.4, 0.5) is 4.39 Å². The number of methoxy groups -OCH3 is 1. The van der Waals surface area contributed by atoms with E-state index in [1.54, 1.807) is 12.1 Å². The third-order valence-electron chi connectivity index (χ3n) is 5.12. The number of aliphatic hydroxyl groups is 1. The van der Waals surface area contributed by atoms with Crippen LogP contribution in [0, 0.1) is 5.41 Å². The molecule has 0 bridgehead atoms. The third-order valence-corrected chi connectivity index (χ3v) is 5.34. The summed E-state index contributed by atoms with van der Waals surface area (Å²) >= 11 is 5.98. The predicted molar refractivity (Wildman–Crippen MR) is 105 cm³/mol. The number of carbonyl (C=O) groups excluding carboxylic acids is 1. The molecule has 2 N–H and O–H groups in total. The molecule has 152 valence electrons. The molecular formula is C20H30ClFN2O3. The largest absolute Gasteiger partial charge is 0.497 e. The van der Waals surface area contributed by atoms with E-state index in [2.05, 4.69) is 10.2 Å². The van der Waals surface area contributed by atoms with Crippen LogP contribution in [0.3, 0.4) is 0 Å². The van der Waals surface area contributed by atoms with Crippen LogP contribution < -0.4 is 10.1 Å². The predicted octanol–water partition coefficient (Wildman–Crippen LogP) is 3.29. The van der Waals surface area contributed by atoms with Gasteiger partial charge in [-0.15, -0.1) is 0 Å². The van der Waals surface area contributed by atoms with Crippen LogP contribution in [-0.2, 0) is 0 Å². The summed E-state index contributed by atoms with van der Waals surface area (Å²) in [7, 11) is 1.49. The number of piperidine rings is 1. The van der Waals surface area contributed by atoms with Crippen molar-refractivity contribution < 1.29 is 19.0 Å². The zero-order chi connectivity index (χ0) is 20.2. The van der Waals surface area contributed by atoms with Crippen LogP contribution in [-0.4, -0.2) is 61.0 Å². The van der Waals surface area contributed by atoms with Crippen molar-refractivity contribution in [3.8, 4) is 5.75 Å². The summed E-state index contributed by atoms with van der Waals surface area (Å²) in [6.45, 7) is 7.57. The van der Waals surface area contributed by atoms with E-state index in [1.165, 1.54) is 13.2 Å². The molecule has 1 fully saturated rings. The minimum Gasteiger partial charge on any atom is -0.497 e. The number of hydrogen-bond donors (Lipinski definition) is 2. The molecule has 1 aromatic rings. The van der Waals surface area contributed by atoms with Crippen LogP contribution in [0.15, 0.2) is 18.2 Å². The van der Waals surface area contributed by atoms with Crippen molar-refractivity contribution in [2.75, 3.05) is 33.3 Å². The number of halogens is 2. The van der Waals surface area contributed by atoms with Gasteiger partial charge in [0.15, 0.2) is 0 Å². The fourth-order valence-electron chi connectivity index (χ4n) is 2.98. The molecule has 1 aliphatic rings. The Morgan fingerprint density at radius 2 is 2.00 bits per heavy atom. The number of hydrogen-bond acceptors (Lipinski definition) is 4. The topological polar surface area (TPSA) is 61.8 Å². The smallest absolute Gasteiger partial charge is 0.251 e.